The number of imidazole rings is 1. The Morgan fingerprint density at radius 3 is 2.90 bits per heavy atom. The molecule has 108 valence electrons. The number of hydrogen-bond donors (Lipinski definition) is 0. The third kappa shape index (κ3) is 2.83. The summed E-state index contributed by atoms with van der Waals surface area (Å²) >= 11 is 6.05. The molecule has 0 aliphatic rings. The Hall–Kier alpha value is -2.14. The van der Waals surface area contributed by atoms with Crippen LogP contribution in [0.3, 0.4) is 0 Å². The molecule has 6 heteroatoms. The summed E-state index contributed by atoms with van der Waals surface area (Å²) in [7, 11) is 0. The third-order valence-electron chi connectivity index (χ3n) is 3.40. The van der Waals surface area contributed by atoms with Gasteiger partial charge in [0.1, 0.15) is 11.5 Å². The molecule has 21 heavy (non-hydrogen) atoms. The van der Waals surface area contributed by atoms with E-state index in [1.807, 2.05) is 43.7 Å². The van der Waals surface area contributed by atoms with Crippen LogP contribution in [-0.2, 0) is 13.0 Å². The van der Waals surface area contributed by atoms with E-state index in [0.717, 1.165) is 34.2 Å². The van der Waals surface area contributed by atoms with E-state index in [4.69, 9.17) is 11.6 Å². The van der Waals surface area contributed by atoms with E-state index >= 15 is 0 Å². The molecule has 0 amide bonds. The Morgan fingerprint density at radius 1 is 1.29 bits per heavy atom. The second-order valence-electron chi connectivity index (χ2n) is 4.91. The Labute approximate surface area is 128 Å². The van der Waals surface area contributed by atoms with Crippen molar-refractivity contribution in [2.75, 3.05) is 0 Å². The topological polar surface area (TPSA) is 48.5 Å². The van der Waals surface area contributed by atoms with E-state index in [-0.39, 0.29) is 0 Å². The molecule has 1 aromatic carbocycles. The zero-order chi connectivity index (χ0) is 14.8. The first-order chi connectivity index (χ1) is 10.2. The molecule has 0 aliphatic heterocycles. The van der Waals surface area contributed by atoms with E-state index in [1.54, 1.807) is 4.68 Å². The number of aryl methyl sites for hydroxylation is 2. The zero-order valence-electron chi connectivity index (χ0n) is 12.0. The second kappa shape index (κ2) is 5.69. The lowest BCUT2D eigenvalue weighted by molar-refractivity contribution is 0.711. The highest BCUT2D eigenvalue weighted by Gasteiger charge is 2.07. The Balaban J connectivity index is 1.84. The maximum absolute atomic E-state index is 6.05. The van der Waals surface area contributed by atoms with Crippen LogP contribution >= 0.6 is 11.6 Å². The van der Waals surface area contributed by atoms with Crippen molar-refractivity contribution < 1.29 is 0 Å². The maximum atomic E-state index is 6.05. The van der Waals surface area contributed by atoms with Gasteiger partial charge in [-0.1, -0.05) is 23.7 Å². The van der Waals surface area contributed by atoms with Gasteiger partial charge < -0.3 is 4.57 Å². The first-order valence-corrected chi connectivity index (χ1v) is 7.23. The van der Waals surface area contributed by atoms with Gasteiger partial charge in [0.2, 0.25) is 0 Å². The number of rotatable bonds is 4. The summed E-state index contributed by atoms with van der Waals surface area (Å²) in [5, 5.41) is 9.16. The van der Waals surface area contributed by atoms with Gasteiger partial charge in [-0.3, -0.25) is 0 Å². The molecule has 0 bridgehead atoms. The fourth-order valence-electron chi connectivity index (χ4n) is 2.24. The maximum Gasteiger partial charge on any atom is 0.108 e. The highest BCUT2D eigenvalue weighted by molar-refractivity contribution is 6.31. The van der Waals surface area contributed by atoms with Crippen LogP contribution in [-0.4, -0.2) is 24.5 Å². The van der Waals surface area contributed by atoms with Crippen LogP contribution in [0.15, 0.2) is 36.8 Å². The molecule has 0 radical (unpaired) electrons. The third-order valence-corrected chi connectivity index (χ3v) is 3.82. The first kappa shape index (κ1) is 13.8. The fraction of sp³-hybridized carbons (Fsp3) is 0.267. The monoisotopic (exact) mass is 301 g/mol. The SMILES string of the molecule is CCc1nccn1Cc1cn(-c2ccc(Cl)c(C)c2)nn1. The van der Waals surface area contributed by atoms with Gasteiger partial charge in [-0.2, -0.15) is 0 Å². The van der Waals surface area contributed by atoms with Crippen molar-refractivity contribution in [3.05, 3.63) is 58.9 Å². The van der Waals surface area contributed by atoms with Crippen molar-refractivity contribution in [2.45, 2.75) is 26.8 Å². The lowest BCUT2D eigenvalue weighted by Crippen LogP contribution is -2.03. The van der Waals surface area contributed by atoms with Gasteiger partial charge in [0.05, 0.1) is 18.4 Å². The normalized spacial score (nSPS) is 11.0. The van der Waals surface area contributed by atoms with Crippen LogP contribution in [0, 0.1) is 6.92 Å². The molecule has 2 heterocycles. The van der Waals surface area contributed by atoms with Crippen LogP contribution in [0.25, 0.3) is 5.69 Å². The molecule has 0 fully saturated rings. The molecule has 5 nitrogen and oxygen atoms in total. The molecule has 0 aliphatic carbocycles. The van der Waals surface area contributed by atoms with Crippen molar-refractivity contribution in [1.82, 2.24) is 24.5 Å². The van der Waals surface area contributed by atoms with Crippen LogP contribution < -0.4 is 0 Å². The van der Waals surface area contributed by atoms with Gasteiger partial charge in [-0.05, 0) is 30.7 Å². The molecule has 0 saturated carbocycles. The predicted octanol–water partition coefficient (Wildman–Crippen LogP) is 3.04. The van der Waals surface area contributed by atoms with Crippen molar-refractivity contribution in [1.29, 1.82) is 0 Å². The van der Waals surface area contributed by atoms with Gasteiger partial charge >= 0.3 is 0 Å². The average molecular weight is 302 g/mol. The smallest absolute Gasteiger partial charge is 0.108 e. The van der Waals surface area contributed by atoms with E-state index in [0.29, 0.717) is 6.54 Å². The van der Waals surface area contributed by atoms with Crippen LogP contribution in [0.1, 0.15) is 24.0 Å². The predicted molar refractivity (Wildman–Crippen MR) is 81.8 cm³/mol. The minimum atomic E-state index is 0.676. The van der Waals surface area contributed by atoms with Gasteiger partial charge in [0.15, 0.2) is 0 Å². The number of nitrogens with zero attached hydrogens (tertiary/aromatic N) is 5. The van der Waals surface area contributed by atoms with Crippen molar-refractivity contribution in [3.63, 3.8) is 0 Å². The van der Waals surface area contributed by atoms with E-state index in [2.05, 4.69) is 26.8 Å². The summed E-state index contributed by atoms with van der Waals surface area (Å²) in [6.07, 6.45) is 6.61. The van der Waals surface area contributed by atoms with Gasteiger partial charge in [0, 0.05) is 23.8 Å². The Bertz CT molecular complexity index is 759. The second-order valence-corrected chi connectivity index (χ2v) is 5.32. The van der Waals surface area contributed by atoms with E-state index in [9.17, 15) is 0 Å². The summed E-state index contributed by atoms with van der Waals surface area (Å²) in [6, 6.07) is 5.80. The molecule has 3 aromatic rings. The number of benzene rings is 1. The molecular weight excluding hydrogens is 286 g/mol. The first-order valence-electron chi connectivity index (χ1n) is 6.85. The number of halogens is 1. The molecule has 2 aromatic heterocycles. The van der Waals surface area contributed by atoms with E-state index in [1.165, 1.54) is 0 Å². The quantitative estimate of drug-likeness (QED) is 0.744. The highest BCUT2D eigenvalue weighted by atomic mass is 35.5. The molecule has 0 saturated heterocycles. The largest absolute Gasteiger partial charge is 0.329 e. The molecule has 0 spiro atoms. The molecule has 0 N–H and O–H groups in total. The summed E-state index contributed by atoms with van der Waals surface area (Å²) in [5.41, 5.74) is 2.88. The standard InChI is InChI=1S/C15H16ClN5/c1-3-15-17-6-7-20(15)9-12-10-21(19-18-12)13-4-5-14(16)11(2)8-13/h4-8,10H,3,9H2,1-2H3. The van der Waals surface area contributed by atoms with E-state index < -0.39 is 0 Å². The van der Waals surface area contributed by atoms with Crippen LogP contribution in [0.4, 0.5) is 0 Å². The summed E-state index contributed by atoms with van der Waals surface area (Å²) in [6.45, 7) is 4.74. The molecule has 0 atom stereocenters. The molecule has 0 unspecified atom stereocenters. The summed E-state index contributed by atoms with van der Waals surface area (Å²) in [4.78, 5) is 4.31. The minimum Gasteiger partial charge on any atom is -0.329 e. The minimum absolute atomic E-state index is 0.676. The van der Waals surface area contributed by atoms with Gasteiger partial charge in [-0.15, -0.1) is 5.10 Å². The van der Waals surface area contributed by atoms with Crippen LogP contribution in [0.5, 0.6) is 0 Å². The fourth-order valence-corrected chi connectivity index (χ4v) is 2.36. The number of aromatic nitrogens is 5. The lowest BCUT2D eigenvalue weighted by Gasteiger charge is -2.04. The zero-order valence-corrected chi connectivity index (χ0v) is 12.7. The van der Waals surface area contributed by atoms with Crippen molar-refractivity contribution in [3.8, 4) is 5.69 Å². The molecular formula is C15H16ClN5. The Kier molecular flexibility index (Phi) is 3.75. The van der Waals surface area contributed by atoms with Gasteiger partial charge in [0.25, 0.3) is 0 Å². The van der Waals surface area contributed by atoms with Gasteiger partial charge in [-0.25, -0.2) is 9.67 Å². The Morgan fingerprint density at radius 2 is 2.14 bits per heavy atom. The average Bonchev–Trinajstić information content (AvgIpc) is 3.11. The van der Waals surface area contributed by atoms with Crippen LogP contribution in [0.2, 0.25) is 5.02 Å². The van der Waals surface area contributed by atoms with Crippen molar-refractivity contribution in [2.24, 2.45) is 0 Å². The highest BCUT2D eigenvalue weighted by Crippen LogP contribution is 2.18. The summed E-state index contributed by atoms with van der Waals surface area (Å²) < 4.78 is 3.85. The lowest BCUT2D eigenvalue weighted by atomic mass is 10.2. The molecule has 3 rings (SSSR count). The summed E-state index contributed by atoms with van der Waals surface area (Å²) in [5.74, 6) is 1.05. The van der Waals surface area contributed by atoms with Crippen molar-refractivity contribution >= 4 is 11.6 Å². The number of hydrogen-bond acceptors (Lipinski definition) is 3.